The number of hydrogen-bond donors (Lipinski definition) is 2. The number of rotatable bonds is 5. The number of nitrogens with zero attached hydrogens (tertiary/aromatic N) is 1. The van der Waals surface area contributed by atoms with Gasteiger partial charge in [0, 0.05) is 22.2 Å². The standard InChI is InChI=1S/C20H20ClN3O2S/c1-12(27-15-7-4-13(21)5-8-15)20(25)22-14-6-9-16-17(11-14)24-19(23-16)18-3-2-10-26-18/h4-9,11-12,18H,2-3,10H2,1H3,(H,22,25)(H,23,24). The zero-order chi connectivity index (χ0) is 18.8. The molecule has 27 heavy (non-hydrogen) atoms. The van der Waals surface area contributed by atoms with Gasteiger partial charge in [-0.3, -0.25) is 4.79 Å². The van der Waals surface area contributed by atoms with E-state index in [1.807, 2.05) is 49.4 Å². The van der Waals surface area contributed by atoms with Gasteiger partial charge >= 0.3 is 0 Å². The number of hydrogen-bond acceptors (Lipinski definition) is 4. The Morgan fingerprint density at radius 1 is 1.33 bits per heavy atom. The SMILES string of the molecule is CC(Sc1ccc(Cl)cc1)C(=O)Nc1ccc2nc(C3CCCO3)[nH]c2c1. The molecule has 2 heterocycles. The molecule has 2 N–H and O–H groups in total. The highest BCUT2D eigenvalue weighted by Crippen LogP contribution is 2.29. The quantitative estimate of drug-likeness (QED) is 0.577. The van der Waals surface area contributed by atoms with Crippen molar-refractivity contribution in [2.75, 3.05) is 11.9 Å². The van der Waals surface area contributed by atoms with Crippen LogP contribution in [0.1, 0.15) is 31.7 Å². The van der Waals surface area contributed by atoms with E-state index in [-0.39, 0.29) is 17.3 Å². The van der Waals surface area contributed by atoms with Crippen LogP contribution in [0.15, 0.2) is 47.4 Å². The van der Waals surface area contributed by atoms with Crippen molar-refractivity contribution in [3.63, 3.8) is 0 Å². The molecule has 0 bridgehead atoms. The predicted molar refractivity (Wildman–Crippen MR) is 109 cm³/mol. The highest BCUT2D eigenvalue weighted by molar-refractivity contribution is 8.00. The summed E-state index contributed by atoms with van der Waals surface area (Å²) in [5, 5.41) is 3.44. The number of anilines is 1. The van der Waals surface area contributed by atoms with Crippen LogP contribution in [0.5, 0.6) is 0 Å². The molecule has 5 nitrogen and oxygen atoms in total. The van der Waals surface area contributed by atoms with E-state index in [9.17, 15) is 4.79 Å². The highest BCUT2D eigenvalue weighted by atomic mass is 35.5. The van der Waals surface area contributed by atoms with Crippen LogP contribution in [0.4, 0.5) is 5.69 Å². The van der Waals surface area contributed by atoms with Crippen LogP contribution in [-0.2, 0) is 9.53 Å². The molecule has 2 atom stereocenters. The summed E-state index contributed by atoms with van der Waals surface area (Å²) in [7, 11) is 0. The van der Waals surface area contributed by atoms with Crippen molar-refractivity contribution in [1.29, 1.82) is 0 Å². The molecule has 2 aromatic carbocycles. The number of thioether (sulfide) groups is 1. The third kappa shape index (κ3) is 4.29. The molecular weight excluding hydrogens is 382 g/mol. The first kappa shape index (κ1) is 18.3. The Morgan fingerprint density at radius 3 is 2.89 bits per heavy atom. The number of aromatic amines is 1. The van der Waals surface area contributed by atoms with E-state index in [1.165, 1.54) is 11.8 Å². The molecule has 7 heteroatoms. The molecule has 3 aromatic rings. The third-order valence-electron chi connectivity index (χ3n) is 4.50. The van der Waals surface area contributed by atoms with Crippen LogP contribution in [0.2, 0.25) is 5.02 Å². The van der Waals surface area contributed by atoms with Crippen molar-refractivity contribution in [3.8, 4) is 0 Å². The number of benzene rings is 2. The Morgan fingerprint density at radius 2 is 2.15 bits per heavy atom. The zero-order valence-corrected chi connectivity index (χ0v) is 16.4. The smallest absolute Gasteiger partial charge is 0.237 e. The third-order valence-corrected chi connectivity index (χ3v) is 5.86. The summed E-state index contributed by atoms with van der Waals surface area (Å²) >= 11 is 7.40. The molecule has 1 amide bonds. The molecule has 4 rings (SSSR count). The lowest BCUT2D eigenvalue weighted by molar-refractivity contribution is -0.115. The van der Waals surface area contributed by atoms with Gasteiger partial charge in [-0.2, -0.15) is 0 Å². The van der Waals surface area contributed by atoms with E-state index in [2.05, 4.69) is 15.3 Å². The Hall–Kier alpha value is -2.02. The molecule has 2 unspecified atom stereocenters. The lowest BCUT2D eigenvalue weighted by Crippen LogP contribution is -2.22. The lowest BCUT2D eigenvalue weighted by Gasteiger charge is -2.12. The van der Waals surface area contributed by atoms with Gasteiger partial charge in [0.2, 0.25) is 5.91 Å². The molecular formula is C20H20ClN3O2S. The fraction of sp³-hybridized carbons (Fsp3) is 0.300. The molecule has 0 spiro atoms. The summed E-state index contributed by atoms with van der Waals surface area (Å²) in [5.41, 5.74) is 2.52. The van der Waals surface area contributed by atoms with E-state index in [1.54, 1.807) is 0 Å². The van der Waals surface area contributed by atoms with Gasteiger partial charge in [0.1, 0.15) is 11.9 Å². The summed E-state index contributed by atoms with van der Waals surface area (Å²) in [6.07, 6.45) is 2.10. The molecule has 1 aliphatic rings. The minimum Gasteiger partial charge on any atom is -0.370 e. The van der Waals surface area contributed by atoms with Crippen molar-refractivity contribution < 1.29 is 9.53 Å². The van der Waals surface area contributed by atoms with Crippen LogP contribution in [0.3, 0.4) is 0 Å². The van der Waals surface area contributed by atoms with Gasteiger partial charge in [0.05, 0.1) is 16.3 Å². The second-order valence-electron chi connectivity index (χ2n) is 6.56. The number of halogens is 1. The summed E-state index contributed by atoms with van der Waals surface area (Å²) in [5.74, 6) is 0.811. The second-order valence-corrected chi connectivity index (χ2v) is 8.41. The molecule has 1 aliphatic heterocycles. The fourth-order valence-electron chi connectivity index (χ4n) is 3.07. The van der Waals surface area contributed by atoms with E-state index in [0.717, 1.165) is 46.9 Å². The van der Waals surface area contributed by atoms with Gasteiger partial charge in [-0.1, -0.05) is 11.6 Å². The Balaban J connectivity index is 1.43. The first-order valence-corrected chi connectivity index (χ1v) is 10.2. The van der Waals surface area contributed by atoms with Crippen molar-refractivity contribution in [1.82, 2.24) is 9.97 Å². The number of carbonyl (C=O) groups excluding carboxylic acids is 1. The van der Waals surface area contributed by atoms with Crippen molar-refractivity contribution >= 4 is 46.0 Å². The maximum Gasteiger partial charge on any atom is 0.237 e. The summed E-state index contributed by atoms with van der Waals surface area (Å²) in [4.78, 5) is 21.5. The van der Waals surface area contributed by atoms with Crippen LogP contribution >= 0.6 is 23.4 Å². The van der Waals surface area contributed by atoms with Gasteiger partial charge in [-0.15, -0.1) is 11.8 Å². The van der Waals surface area contributed by atoms with Crippen LogP contribution in [0.25, 0.3) is 11.0 Å². The molecule has 0 saturated carbocycles. The minimum absolute atomic E-state index is 0.0474. The fourth-order valence-corrected chi connectivity index (χ4v) is 4.06. The molecule has 140 valence electrons. The van der Waals surface area contributed by atoms with Crippen molar-refractivity contribution in [2.45, 2.75) is 36.0 Å². The van der Waals surface area contributed by atoms with Crippen molar-refractivity contribution in [3.05, 3.63) is 53.3 Å². The monoisotopic (exact) mass is 401 g/mol. The second kappa shape index (κ2) is 7.92. The molecule has 1 saturated heterocycles. The van der Waals surface area contributed by atoms with Gasteiger partial charge in [0.15, 0.2) is 0 Å². The van der Waals surface area contributed by atoms with Gasteiger partial charge in [-0.05, 0) is 62.2 Å². The predicted octanol–water partition coefficient (Wildman–Crippen LogP) is 5.19. The van der Waals surface area contributed by atoms with Gasteiger partial charge in [0.25, 0.3) is 0 Å². The van der Waals surface area contributed by atoms with Crippen molar-refractivity contribution in [2.24, 2.45) is 0 Å². The number of aromatic nitrogens is 2. The number of fused-ring (bicyclic) bond motifs is 1. The molecule has 1 fully saturated rings. The zero-order valence-electron chi connectivity index (χ0n) is 14.9. The number of amides is 1. The molecule has 1 aromatic heterocycles. The minimum atomic E-state index is -0.230. The normalized spacial score (nSPS) is 17.9. The Kier molecular flexibility index (Phi) is 5.38. The van der Waals surface area contributed by atoms with E-state index in [4.69, 9.17) is 16.3 Å². The Labute approximate surface area is 166 Å². The van der Waals surface area contributed by atoms with Gasteiger partial charge < -0.3 is 15.0 Å². The topological polar surface area (TPSA) is 67.0 Å². The number of nitrogens with one attached hydrogen (secondary N) is 2. The lowest BCUT2D eigenvalue weighted by atomic mass is 10.2. The van der Waals surface area contributed by atoms with Crippen LogP contribution < -0.4 is 5.32 Å². The largest absolute Gasteiger partial charge is 0.370 e. The van der Waals surface area contributed by atoms with Gasteiger partial charge in [-0.25, -0.2) is 4.98 Å². The molecule has 0 radical (unpaired) electrons. The van der Waals surface area contributed by atoms with Crippen LogP contribution in [-0.4, -0.2) is 27.7 Å². The number of imidazole rings is 1. The van der Waals surface area contributed by atoms with E-state index >= 15 is 0 Å². The Bertz CT molecular complexity index is 952. The first-order valence-electron chi connectivity index (χ1n) is 8.93. The first-order chi connectivity index (χ1) is 13.1. The summed E-state index contributed by atoms with van der Waals surface area (Å²) in [6.45, 7) is 2.67. The summed E-state index contributed by atoms with van der Waals surface area (Å²) in [6, 6.07) is 13.2. The number of H-pyrrole nitrogens is 1. The van der Waals surface area contributed by atoms with Crippen LogP contribution in [0, 0.1) is 0 Å². The van der Waals surface area contributed by atoms with E-state index in [0.29, 0.717) is 5.02 Å². The maximum atomic E-state index is 12.5. The average molecular weight is 402 g/mol. The summed E-state index contributed by atoms with van der Waals surface area (Å²) < 4.78 is 5.68. The maximum absolute atomic E-state index is 12.5. The highest BCUT2D eigenvalue weighted by Gasteiger charge is 2.21. The number of ether oxygens (including phenoxy) is 1. The van der Waals surface area contributed by atoms with E-state index < -0.39 is 0 Å². The number of carbonyl (C=O) groups is 1. The average Bonchev–Trinajstić information content (AvgIpc) is 3.32. The molecule has 0 aliphatic carbocycles.